The number of aromatic hydroxyl groups is 1. The molecular weight excluding hydrogens is 268 g/mol. The third kappa shape index (κ3) is 1.97. The van der Waals surface area contributed by atoms with Crippen LogP contribution in [-0.4, -0.2) is 14.5 Å². The summed E-state index contributed by atoms with van der Waals surface area (Å²) in [6.45, 7) is 0. The summed E-state index contributed by atoms with van der Waals surface area (Å²) in [7, 11) is 0. The van der Waals surface area contributed by atoms with Crippen LogP contribution in [0.1, 0.15) is 0 Å². The third-order valence-corrected chi connectivity index (χ3v) is 3.11. The van der Waals surface area contributed by atoms with Crippen LogP contribution in [-0.2, 0) is 0 Å². The van der Waals surface area contributed by atoms with Gasteiger partial charge in [0.2, 0.25) is 5.39 Å². The molecule has 0 radical (unpaired) electrons. The summed E-state index contributed by atoms with van der Waals surface area (Å²) in [5, 5.41) is 19.2. The lowest BCUT2D eigenvalue weighted by Gasteiger charge is -2.11. The van der Waals surface area contributed by atoms with Crippen molar-refractivity contribution in [2.75, 3.05) is 0 Å². The topological polar surface area (TPSA) is 75.3 Å². The summed E-state index contributed by atoms with van der Waals surface area (Å²) in [5.74, 6) is -0.419. The molecule has 102 valence electrons. The van der Waals surface area contributed by atoms with Crippen LogP contribution in [0.15, 0.2) is 65.5 Å². The molecule has 1 N–H and O–H groups in total. The van der Waals surface area contributed by atoms with Crippen molar-refractivity contribution in [1.82, 2.24) is 9.36 Å². The maximum atomic E-state index is 12.3. The molecular formula is C15H11N4O2+. The van der Waals surface area contributed by atoms with Crippen LogP contribution in [0.2, 0.25) is 0 Å². The Balaban J connectivity index is 2.40. The number of nitrogens with zero attached hydrogens (tertiary/aromatic N) is 4. The van der Waals surface area contributed by atoms with E-state index < -0.39 is 17.1 Å². The molecule has 0 bridgehead atoms. The maximum absolute atomic E-state index is 12.3. The standard InChI is InChI=1S/C15H10N4O2/c16-17-13-14(20)18(11-7-3-1-4-8-11)19(15(13)21)12-9-5-2-6-10-12/h1-10H/p+1. The minimum atomic E-state index is -0.606. The Morgan fingerprint density at radius 3 is 1.81 bits per heavy atom. The molecule has 1 heterocycles. The SMILES string of the molecule is N#[N+]c1c(O)n(-c2ccccc2)n(-c2ccccc2)c1=O. The lowest BCUT2D eigenvalue weighted by molar-refractivity contribution is 0.427. The fourth-order valence-corrected chi connectivity index (χ4v) is 2.18. The molecule has 0 aliphatic heterocycles. The average molecular weight is 279 g/mol. The van der Waals surface area contributed by atoms with E-state index in [-0.39, 0.29) is 0 Å². The van der Waals surface area contributed by atoms with E-state index >= 15 is 0 Å². The van der Waals surface area contributed by atoms with Crippen molar-refractivity contribution in [2.45, 2.75) is 0 Å². The fourth-order valence-electron chi connectivity index (χ4n) is 2.18. The zero-order valence-corrected chi connectivity index (χ0v) is 10.9. The van der Waals surface area contributed by atoms with Crippen LogP contribution in [0.3, 0.4) is 0 Å². The van der Waals surface area contributed by atoms with E-state index in [0.29, 0.717) is 11.4 Å². The third-order valence-electron chi connectivity index (χ3n) is 3.11. The molecule has 0 atom stereocenters. The van der Waals surface area contributed by atoms with E-state index in [9.17, 15) is 9.90 Å². The van der Waals surface area contributed by atoms with Crippen LogP contribution in [0.25, 0.3) is 16.4 Å². The van der Waals surface area contributed by atoms with E-state index in [2.05, 4.69) is 4.98 Å². The molecule has 21 heavy (non-hydrogen) atoms. The highest BCUT2D eigenvalue weighted by atomic mass is 16.3. The number of benzene rings is 2. The molecule has 0 aliphatic rings. The molecule has 1 aromatic heterocycles. The minimum Gasteiger partial charge on any atom is -0.487 e. The van der Waals surface area contributed by atoms with Gasteiger partial charge in [0.1, 0.15) is 0 Å². The van der Waals surface area contributed by atoms with Crippen LogP contribution in [0.5, 0.6) is 5.88 Å². The van der Waals surface area contributed by atoms with E-state index in [0.717, 1.165) is 0 Å². The monoisotopic (exact) mass is 279 g/mol. The molecule has 3 rings (SSSR count). The van der Waals surface area contributed by atoms with Gasteiger partial charge in [0.15, 0.2) is 4.98 Å². The maximum Gasteiger partial charge on any atom is 0.511 e. The molecule has 0 saturated carbocycles. The molecule has 0 aliphatic carbocycles. The minimum absolute atomic E-state index is 0.400. The van der Waals surface area contributed by atoms with Crippen LogP contribution in [0, 0.1) is 5.39 Å². The van der Waals surface area contributed by atoms with Gasteiger partial charge in [-0.3, -0.25) is 4.79 Å². The van der Waals surface area contributed by atoms with Crippen LogP contribution < -0.4 is 5.56 Å². The van der Waals surface area contributed by atoms with Gasteiger partial charge in [-0.2, -0.15) is 0 Å². The van der Waals surface area contributed by atoms with Crippen LogP contribution in [0.4, 0.5) is 5.69 Å². The molecule has 0 spiro atoms. The Hall–Kier alpha value is -3.33. The van der Waals surface area contributed by atoms with Gasteiger partial charge in [0.05, 0.1) is 11.4 Å². The molecule has 0 fully saturated rings. The molecule has 3 aromatic rings. The summed E-state index contributed by atoms with van der Waals surface area (Å²) in [6.07, 6.45) is 0. The average Bonchev–Trinajstić information content (AvgIpc) is 2.79. The van der Waals surface area contributed by atoms with Gasteiger partial charge in [-0.25, -0.2) is 9.36 Å². The fraction of sp³-hybridized carbons (Fsp3) is 0. The lowest BCUT2D eigenvalue weighted by Crippen LogP contribution is -2.19. The molecule has 2 aromatic carbocycles. The first-order valence-electron chi connectivity index (χ1n) is 6.27. The van der Waals surface area contributed by atoms with Gasteiger partial charge >= 0.3 is 17.1 Å². The van der Waals surface area contributed by atoms with Crippen molar-refractivity contribution >= 4 is 5.69 Å². The predicted molar refractivity (Wildman–Crippen MR) is 77.8 cm³/mol. The summed E-state index contributed by atoms with van der Waals surface area (Å²) in [4.78, 5) is 15.2. The van der Waals surface area contributed by atoms with E-state index in [1.807, 2.05) is 12.1 Å². The first-order chi connectivity index (χ1) is 10.2. The lowest BCUT2D eigenvalue weighted by atomic mass is 10.3. The Bertz CT molecular complexity index is 874. The quantitative estimate of drug-likeness (QED) is 0.733. The van der Waals surface area contributed by atoms with E-state index in [1.165, 1.54) is 9.36 Å². The molecule has 6 heteroatoms. The Morgan fingerprint density at radius 2 is 1.33 bits per heavy atom. The molecule has 0 unspecified atom stereocenters. The highest BCUT2D eigenvalue weighted by Gasteiger charge is 2.31. The van der Waals surface area contributed by atoms with Gasteiger partial charge in [-0.05, 0) is 24.3 Å². The Kier molecular flexibility index (Phi) is 3.01. The first kappa shape index (κ1) is 12.7. The normalized spacial score (nSPS) is 10.2. The highest BCUT2D eigenvalue weighted by molar-refractivity contribution is 5.57. The predicted octanol–water partition coefficient (Wildman–Crippen LogP) is 2.82. The van der Waals surface area contributed by atoms with Gasteiger partial charge in [-0.1, -0.05) is 36.4 Å². The van der Waals surface area contributed by atoms with Crippen molar-refractivity contribution in [1.29, 1.82) is 5.39 Å². The van der Waals surface area contributed by atoms with Gasteiger partial charge in [-0.15, -0.1) is 0 Å². The van der Waals surface area contributed by atoms with Crippen molar-refractivity contribution in [2.24, 2.45) is 0 Å². The number of hydrogen-bond donors (Lipinski definition) is 1. The number of hydrogen-bond acceptors (Lipinski definition) is 3. The van der Waals surface area contributed by atoms with Gasteiger partial charge in [0.25, 0.3) is 0 Å². The second-order valence-corrected chi connectivity index (χ2v) is 4.37. The zero-order chi connectivity index (χ0) is 14.8. The smallest absolute Gasteiger partial charge is 0.487 e. The van der Waals surface area contributed by atoms with E-state index in [4.69, 9.17) is 5.39 Å². The summed E-state index contributed by atoms with van der Waals surface area (Å²) in [6, 6.07) is 17.7. The van der Waals surface area contributed by atoms with Gasteiger partial charge < -0.3 is 5.11 Å². The van der Waals surface area contributed by atoms with Crippen molar-refractivity contribution in [3.05, 3.63) is 76.0 Å². The van der Waals surface area contributed by atoms with Crippen LogP contribution >= 0.6 is 0 Å². The first-order valence-corrected chi connectivity index (χ1v) is 6.27. The second-order valence-electron chi connectivity index (χ2n) is 4.37. The van der Waals surface area contributed by atoms with Crippen molar-refractivity contribution < 1.29 is 5.11 Å². The second kappa shape index (κ2) is 4.98. The van der Waals surface area contributed by atoms with Crippen molar-refractivity contribution in [3.8, 4) is 17.3 Å². The summed E-state index contributed by atoms with van der Waals surface area (Å²) >= 11 is 0. The molecule has 0 amide bonds. The van der Waals surface area contributed by atoms with Gasteiger partial charge in [0, 0.05) is 0 Å². The number of diazo groups is 1. The Morgan fingerprint density at radius 1 is 0.857 bits per heavy atom. The number of rotatable bonds is 2. The number of aromatic nitrogens is 2. The Labute approximate surface area is 119 Å². The molecule has 6 nitrogen and oxygen atoms in total. The van der Waals surface area contributed by atoms with E-state index in [1.54, 1.807) is 48.5 Å². The summed E-state index contributed by atoms with van der Waals surface area (Å²) < 4.78 is 2.55. The largest absolute Gasteiger partial charge is 0.511 e. The van der Waals surface area contributed by atoms with Crippen molar-refractivity contribution in [3.63, 3.8) is 0 Å². The highest BCUT2D eigenvalue weighted by Crippen LogP contribution is 2.28. The summed E-state index contributed by atoms with van der Waals surface area (Å²) in [5.41, 5.74) is 0.121. The molecule has 0 saturated heterocycles. The zero-order valence-electron chi connectivity index (χ0n) is 10.9. The number of para-hydroxylation sites is 2.